The van der Waals surface area contributed by atoms with E-state index in [1.165, 1.54) is 0 Å². The molecule has 2 rings (SSSR count). The van der Waals surface area contributed by atoms with E-state index in [9.17, 15) is 0 Å². The van der Waals surface area contributed by atoms with Crippen molar-refractivity contribution in [3.63, 3.8) is 0 Å². The van der Waals surface area contributed by atoms with E-state index in [2.05, 4.69) is 49.9 Å². The molecule has 6 heteroatoms. The highest BCUT2D eigenvalue weighted by molar-refractivity contribution is 14.1. The summed E-state index contributed by atoms with van der Waals surface area (Å²) in [6, 6.07) is 0. The summed E-state index contributed by atoms with van der Waals surface area (Å²) in [7, 11) is 0. The van der Waals surface area contributed by atoms with Gasteiger partial charge in [-0.2, -0.15) is 5.10 Å². The van der Waals surface area contributed by atoms with Gasteiger partial charge in [0.2, 0.25) is 0 Å². The van der Waals surface area contributed by atoms with Crippen molar-refractivity contribution in [3.05, 3.63) is 34.1 Å². The fraction of sp³-hybridized carbons (Fsp3) is 0.300. The first-order chi connectivity index (χ1) is 7.79. The lowest BCUT2D eigenvalue weighted by molar-refractivity contribution is 0.699. The molecule has 1 N–H and O–H groups in total. The molecule has 84 valence electrons. The van der Waals surface area contributed by atoms with Crippen molar-refractivity contribution in [2.24, 2.45) is 0 Å². The highest BCUT2D eigenvalue weighted by Crippen LogP contribution is 2.06. The normalized spacial score (nSPS) is 10.6. The van der Waals surface area contributed by atoms with E-state index in [0.29, 0.717) is 0 Å². The van der Waals surface area contributed by atoms with Crippen molar-refractivity contribution >= 4 is 22.6 Å². The van der Waals surface area contributed by atoms with Crippen LogP contribution >= 0.6 is 22.6 Å². The topological polar surface area (TPSA) is 55.6 Å². The fourth-order valence-corrected chi connectivity index (χ4v) is 1.66. The van der Waals surface area contributed by atoms with E-state index in [-0.39, 0.29) is 0 Å². The molecular weight excluding hydrogens is 317 g/mol. The Balaban J connectivity index is 2.22. The molecule has 0 atom stereocenters. The first-order valence-corrected chi connectivity index (χ1v) is 6.09. The quantitative estimate of drug-likeness (QED) is 0.861. The number of rotatable bonds is 4. The minimum absolute atomic E-state index is 0.732. The lowest BCUT2D eigenvalue weighted by Gasteiger charge is -2.03. The molecular formula is C10H12IN5. The minimum Gasteiger partial charge on any atom is -0.311 e. The second-order valence-corrected chi connectivity index (χ2v) is 4.50. The fourth-order valence-electron chi connectivity index (χ4n) is 1.27. The van der Waals surface area contributed by atoms with Crippen molar-refractivity contribution in [2.75, 3.05) is 6.54 Å². The number of halogens is 1. The van der Waals surface area contributed by atoms with Gasteiger partial charge in [-0.15, -0.1) is 0 Å². The molecule has 0 aliphatic carbocycles. The molecule has 0 spiro atoms. The van der Waals surface area contributed by atoms with E-state index in [1.54, 1.807) is 23.3 Å². The molecule has 2 aromatic rings. The number of aromatic nitrogens is 4. The van der Waals surface area contributed by atoms with Gasteiger partial charge in [0.1, 0.15) is 0 Å². The summed E-state index contributed by atoms with van der Waals surface area (Å²) in [6.45, 7) is 3.72. The second-order valence-electron chi connectivity index (χ2n) is 3.25. The van der Waals surface area contributed by atoms with Crippen LogP contribution in [0.2, 0.25) is 0 Å². The molecule has 16 heavy (non-hydrogen) atoms. The minimum atomic E-state index is 0.732. The Labute approximate surface area is 107 Å². The molecule has 0 saturated carbocycles. The predicted octanol–water partition coefficient (Wildman–Crippen LogP) is 1.38. The summed E-state index contributed by atoms with van der Waals surface area (Å²) in [4.78, 5) is 8.62. The molecule has 0 amide bonds. The summed E-state index contributed by atoms with van der Waals surface area (Å²) in [5.41, 5.74) is 0.921. The van der Waals surface area contributed by atoms with Crippen LogP contribution < -0.4 is 5.32 Å². The van der Waals surface area contributed by atoms with Crippen LogP contribution in [-0.4, -0.2) is 26.3 Å². The van der Waals surface area contributed by atoms with Crippen molar-refractivity contribution < 1.29 is 0 Å². The van der Waals surface area contributed by atoms with Gasteiger partial charge in [-0.05, 0) is 29.1 Å². The smallest absolute Gasteiger partial charge is 0.172 e. The highest BCUT2D eigenvalue weighted by atomic mass is 127. The predicted molar refractivity (Wildman–Crippen MR) is 69.3 cm³/mol. The maximum absolute atomic E-state index is 4.47. The Hall–Kier alpha value is -1.02. The van der Waals surface area contributed by atoms with Crippen molar-refractivity contribution in [1.82, 2.24) is 25.1 Å². The lowest BCUT2D eigenvalue weighted by Crippen LogP contribution is -2.14. The molecule has 0 aliphatic rings. The molecule has 0 aliphatic heterocycles. The first-order valence-electron chi connectivity index (χ1n) is 5.02. The third kappa shape index (κ3) is 2.76. The number of nitrogens with zero attached hydrogens (tertiary/aromatic N) is 4. The Morgan fingerprint density at radius 1 is 1.38 bits per heavy atom. The molecule has 5 nitrogen and oxygen atoms in total. The van der Waals surface area contributed by atoms with Crippen molar-refractivity contribution in [1.29, 1.82) is 0 Å². The summed E-state index contributed by atoms with van der Waals surface area (Å²) in [6.07, 6.45) is 7.18. The molecule has 2 aromatic heterocycles. The summed E-state index contributed by atoms with van der Waals surface area (Å²) in [5.74, 6) is 0.748. The van der Waals surface area contributed by atoms with Crippen molar-refractivity contribution in [3.8, 4) is 5.82 Å². The van der Waals surface area contributed by atoms with Gasteiger partial charge in [0.05, 0.1) is 21.7 Å². The van der Waals surface area contributed by atoms with E-state index in [1.807, 2.05) is 6.20 Å². The molecule has 2 heterocycles. The maximum atomic E-state index is 4.47. The number of hydrogen-bond donors (Lipinski definition) is 1. The zero-order valence-corrected chi connectivity index (χ0v) is 11.0. The van der Waals surface area contributed by atoms with Crippen molar-refractivity contribution in [2.45, 2.75) is 13.5 Å². The van der Waals surface area contributed by atoms with Gasteiger partial charge in [-0.25, -0.2) is 9.67 Å². The highest BCUT2D eigenvalue weighted by Gasteiger charge is 2.02. The van der Waals surface area contributed by atoms with Crippen LogP contribution in [0.15, 0.2) is 24.8 Å². The average Bonchev–Trinajstić information content (AvgIpc) is 2.74. The summed E-state index contributed by atoms with van der Waals surface area (Å²) < 4.78 is 2.81. The van der Waals surface area contributed by atoms with Crippen LogP contribution in [0.25, 0.3) is 5.82 Å². The summed E-state index contributed by atoms with van der Waals surface area (Å²) in [5, 5.41) is 7.41. The Morgan fingerprint density at radius 2 is 2.25 bits per heavy atom. The molecule has 0 fully saturated rings. The van der Waals surface area contributed by atoms with E-state index >= 15 is 0 Å². The Morgan fingerprint density at radius 3 is 2.94 bits per heavy atom. The SMILES string of the molecule is CCNCc1cncc(-n2cc(I)cn2)n1. The largest absolute Gasteiger partial charge is 0.311 e. The number of hydrogen-bond acceptors (Lipinski definition) is 4. The maximum Gasteiger partial charge on any atom is 0.172 e. The Kier molecular flexibility index (Phi) is 3.83. The number of nitrogens with one attached hydrogen (secondary N) is 1. The van der Waals surface area contributed by atoms with Crippen LogP contribution in [0.3, 0.4) is 0 Å². The lowest BCUT2D eigenvalue weighted by atomic mass is 10.4. The van der Waals surface area contributed by atoms with E-state index in [0.717, 1.165) is 28.2 Å². The van der Waals surface area contributed by atoms with Gasteiger partial charge in [0, 0.05) is 18.9 Å². The second kappa shape index (κ2) is 5.35. The van der Waals surface area contributed by atoms with E-state index in [4.69, 9.17) is 0 Å². The third-order valence-electron chi connectivity index (χ3n) is 2.01. The standard InChI is InChI=1S/C10H12IN5/c1-2-12-4-9-5-13-6-10(15-9)16-7-8(11)3-14-16/h3,5-7,12H,2,4H2,1H3. The zero-order chi connectivity index (χ0) is 11.4. The molecule has 0 radical (unpaired) electrons. The molecule has 0 saturated heterocycles. The van der Waals surface area contributed by atoms with Crippen LogP contribution in [-0.2, 0) is 6.54 Å². The van der Waals surface area contributed by atoms with Gasteiger partial charge in [0.15, 0.2) is 5.82 Å². The molecule has 0 aromatic carbocycles. The summed E-state index contributed by atoms with van der Waals surface area (Å²) >= 11 is 2.21. The van der Waals surface area contributed by atoms with Gasteiger partial charge in [0.25, 0.3) is 0 Å². The van der Waals surface area contributed by atoms with Crippen LogP contribution in [0, 0.1) is 3.57 Å². The van der Waals surface area contributed by atoms with Crippen LogP contribution in [0.1, 0.15) is 12.6 Å². The van der Waals surface area contributed by atoms with Crippen LogP contribution in [0.4, 0.5) is 0 Å². The van der Waals surface area contributed by atoms with Gasteiger partial charge in [-0.1, -0.05) is 6.92 Å². The van der Waals surface area contributed by atoms with Crippen LogP contribution in [0.5, 0.6) is 0 Å². The van der Waals surface area contributed by atoms with E-state index < -0.39 is 0 Å². The average molecular weight is 329 g/mol. The molecule has 0 unspecified atom stereocenters. The van der Waals surface area contributed by atoms with Gasteiger partial charge in [-0.3, -0.25) is 4.98 Å². The third-order valence-corrected chi connectivity index (χ3v) is 2.57. The first kappa shape index (κ1) is 11.5. The Bertz CT molecular complexity index is 468. The van der Waals surface area contributed by atoms with Gasteiger partial charge >= 0.3 is 0 Å². The zero-order valence-electron chi connectivity index (χ0n) is 8.89. The monoisotopic (exact) mass is 329 g/mol. The molecule has 0 bridgehead atoms. The van der Waals surface area contributed by atoms with Gasteiger partial charge < -0.3 is 5.32 Å².